The molecule has 1 rings (SSSR count). The molecule has 0 bridgehead atoms. The minimum absolute atomic E-state index is 0.319. The summed E-state index contributed by atoms with van der Waals surface area (Å²) in [7, 11) is 0. The van der Waals surface area contributed by atoms with E-state index in [-0.39, 0.29) is 5.97 Å². The monoisotopic (exact) mass is 319 g/mol. The summed E-state index contributed by atoms with van der Waals surface area (Å²) in [5.41, 5.74) is 2.03. The fourth-order valence-electron chi connectivity index (χ4n) is 1.98. The number of carbonyl (C=O) groups is 2. The Labute approximate surface area is 137 Å². The van der Waals surface area contributed by atoms with Gasteiger partial charge in [0.1, 0.15) is 5.60 Å². The van der Waals surface area contributed by atoms with E-state index >= 15 is 0 Å². The van der Waals surface area contributed by atoms with Crippen LogP contribution in [-0.2, 0) is 20.8 Å². The van der Waals surface area contributed by atoms with Gasteiger partial charge in [-0.2, -0.15) is 0 Å². The summed E-state index contributed by atoms with van der Waals surface area (Å²) in [6, 6.07) is 7.56. The molecule has 1 N–H and O–H groups in total. The highest BCUT2D eigenvalue weighted by Gasteiger charge is 2.16. The average molecular weight is 319 g/mol. The normalized spacial score (nSPS) is 11.8. The van der Waals surface area contributed by atoms with Gasteiger partial charge in [0.2, 0.25) is 0 Å². The lowest BCUT2D eigenvalue weighted by atomic mass is 10.0. The number of hydrogen-bond donors (Lipinski definition) is 1. The van der Waals surface area contributed by atoms with Crippen LogP contribution in [0.2, 0.25) is 0 Å². The molecule has 0 saturated carbocycles. The number of ether oxygens (including phenoxy) is 2. The van der Waals surface area contributed by atoms with E-state index in [4.69, 9.17) is 9.47 Å². The van der Waals surface area contributed by atoms with Crippen molar-refractivity contribution >= 4 is 17.6 Å². The van der Waals surface area contributed by atoms with Gasteiger partial charge in [0.05, 0.1) is 6.61 Å². The van der Waals surface area contributed by atoms with Crippen LogP contribution in [0.25, 0.3) is 5.57 Å². The maximum atomic E-state index is 11.8. The van der Waals surface area contributed by atoms with Crippen LogP contribution in [-0.4, -0.2) is 24.3 Å². The van der Waals surface area contributed by atoms with E-state index in [1.165, 1.54) is 6.08 Å². The number of alkyl carbamates (subject to hydrolysis) is 1. The van der Waals surface area contributed by atoms with E-state index < -0.39 is 11.7 Å². The zero-order valence-corrected chi connectivity index (χ0v) is 14.4. The third-order valence-corrected chi connectivity index (χ3v) is 2.89. The maximum Gasteiger partial charge on any atom is 0.407 e. The van der Waals surface area contributed by atoms with E-state index in [1.54, 1.807) is 6.92 Å². The summed E-state index contributed by atoms with van der Waals surface area (Å²) in [6.07, 6.45) is 0.981. The highest BCUT2D eigenvalue weighted by molar-refractivity contribution is 5.91. The number of benzene rings is 1. The Hall–Kier alpha value is -2.30. The third kappa shape index (κ3) is 7.00. The molecule has 0 aliphatic rings. The molecule has 1 aromatic rings. The molecule has 1 aromatic carbocycles. The highest BCUT2D eigenvalue weighted by atomic mass is 16.6. The molecule has 0 aromatic heterocycles. The van der Waals surface area contributed by atoms with E-state index in [2.05, 4.69) is 5.32 Å². The molecular formula is C18H25NO4. The van der Waals surface area contributed by atoms with Crippen LogP contribution in [0.3, 0.4) is 0 Å². The Morgan fingerprint density at radius 3 is 2.48 bits per heavy atom. The topological polar surface area (TPSA) is 64.6 Å². The smallest absolute Gasteiger partial charge is 0.407 e. The van der Waals surface area contributed by atoms with Crippen LogP contribution >= 0.6 is 0 Å². The van der Waals surface area contributed by atoms with Crippen molar-refractivity contribution in [3.8, 4) is 0 Å². The van der Waals surface area contributed by atoms with Gasteiger partial charge in [0.25, 0.3) is 0 Å². The molecule has 0 spiro atoms. The van der Waals surface area contributed by atoms with E-state index in [0.29, 0.717) is 13.2 Å². The van der Waals surface area contributed by atoms with Crippen molar-refractivity contribution in [2.24, 2.45) is 0 Å². The molecule has 126 valence electrons. The summed E-state index contributed by atoms with van der Waals surface area (Å²) >= 11 is 0. The molecule has 0 atom stereocenters. The van der Waals surface area contributed by atoms with Crippen LogP contribution in [0.15, 0.2) is 30.3 Å². The molecule has 5 nitrogen and oxygen atoms in total. The molecule has 0 fully saturated rings. The van der Waals surface area contributed by atoms with Gasteiger partial charge >= 0.3 is 12.1 Å². The standard InChI is InChI=1S/C18H25NO4/c1-6-22-16(20)11-13(2)15-10-8-7-9-14(15)12-19-17(21)23-18(3,4)5/h7-11H,6,12H2,1-5H3,(H,19,21). The average Bonchev–Trinajstić information content (AvgIpc) is 2.43. The lowest BCUT2D eigenvalue weighted by Crippen LogP contribution is -2.32. The first kappa shape index (κ1) is 18.7. The molecule has 0 unspecified atom stereocenters. The summed E-state index contributed by atoms with van der Waals surface area (Å²) in [4.78, 5) is 23.3. The maximum absolute atomic E-state index is 11.8. The Kier molecular flexibility index (Phi) is 6.82. The summed E-state index contributed by atoms with van der Waals surface area (Å²) in [5, 5.41) is 2.72. The second-order valence-electron chi connectivity index (χ2n) is 6.09. The van der Waals surface area contributed by atoms with Crippen molar-refractivity contribution in [3.63, 3.8) is 0 Å². The van der Waals surface area contributed by atoms with E-state index in [1.807, 2.05) is 52.0 Å². The van der Waals surface area contributed by atoms with Crippen LogP contribution < -0.4 is 5.32 Å². The first-order chi connectivity index (χ1) is 10.7. The predicted molar refractivity (Wildman–Crippen MR) is 89.8 cm³/mol. The molecule has 0 saturated heterocycles. The quantitative estimate of drug-likeness (QED) is 0.664. The van der Waals surface area contributed by atoms with Crippen molar-refractivity contribution in [1.29, 1.82) is 0 Å². The fourth-order valence-corrected chi connectivity index (χ4v) is 1.98. The van der Waals surface area contributed by atoms with Gasteiger partial charge in [-0.25, -0.2) is 9.59 Å². The lowest BCUT2D eigenvalue weighted by Gasteiger charge is -2.20. The Morgan fingerprint density at radius 2 is 1.87 bits per heavy atom. The van der Waals surface area contributed by atoms with Crippen molar-refractivity contribution in [2.75, 3.05) is 6.61 Å². The molecule has 1 amide bonds. The van der Waals surface area contributed by atoms with Gasteiger partial charge in [0.15, 0.2) is 0 Å². The number of carbonyl (C=O) groups excluding carboxylic acids is 2. The fraction of sp³-hybridized carbons (Fsp3) is 0.444. The second-order valence-corrected chi connectivity index (χ2v) is 6.09. The Morgan fingerprint density at radius 1 is 1.22 bits per heavy atom. The zero-order valence-electron chi connectivity index (χ0n) is 14.4. The minimum Gasteiger partial charge on any atom is -0.463 e. The molecule has 0 radical (unpaired) electrons. The van der Waals surface area contributed by atoms with E-state index in [9.17, 15) is 9.59 Å². The number of esters is 1. The largest absolute Gasteiger partial charge is 0.463 e. The first-order valence-electron chi connectivity index (χ1n) is 7.63. The van der Waals surface area contributed by atoms with E-state index in [0.717, 1.165) is 16.7 Å². The number of rotatable bonds is 5. The van der Waals surface area contributed by atoms with Gasteiger partial charge in [-0.1, -0.05) is 24.3 Å². The molecule has 0 heterocycles. The Bertz CT molecular complexity index is 585. The van der Waals surface area contributed by atoms with Crippen LogP contribution in [0, 0.1) is 0 Å². The van der Waals surface area contributed by atoms with Crippen molar-refractivity contribution in [2.45, 2.75) is 46.8 Å². The highest BCUT2D eigenvalue weighted by Crippen LogP contribution is 2.19. The molecule has 0 aliphatic carbocycles. The van der Waals surface area contributed by atoms with Crippen molar-refractivity contribution in [1.82, 2.24) is 5.32 Å². The number of nitrogens with one attached hydrogen (secondary N) is 1. The lowest BCUT2D eigenvalue weighted by molar-refractivity contribution is -0.137. The minimum atomic E-state index is -0.538. The predicted octanol–water partition coefficient (Wildman–Crippen LogP) is 3.68. The van der Waals surface area contributed by atoms with Gasteiger partial charge < -0.3 is 14.8 Å². The number of hydrogen-bond acceptors (Lipinski definition) is 4. The number of allylic oxidation sites excluding steroid dienone is 1. The van der Waals surface area contributed by atoms with Crippen LogP contribution in [0.5, 0.6) is 0 Å². The Balaban J connectivity index is 2.82. The first-order valence-corrected chi connectivity index (χ1v) is 7.63. The SMILES string of the molecule is CCOC(=O)C=C(C)c1ccccc1CNC(=O)OC(C)(C)C. The van der Waals surface area contributed by atoms with Crippen molar-refractivity contribution in [3.05, 3.63) is 41.5 Å². The second kappa shape index (κ2) is 8.36. The molecule has 0 aliphatic heterocycles. The van der Waals surface area contributed by atoms with Gasteiger partial charge in [-0.05, 0) is 51.3 Å². The van der Waals surface area contributed by atoms with Crippen LogP contribution in [0.4, 0.5) is 4.79 Å². The zero-order chi connectivity index (χ0) is 17.5. The van der Waals surface area contributed by atoms with Gasteiger partial charge in [0, 0.05) is 12.6 Å². The third-order valence-electron chi connectivity index (χ3n) is 2.89. The summed E-state index contributed by atoms with van der Waals surface area (Å²) in [6.45, 7) is 9.69. The molecule has 23 heavy (non-hydrogen) atoms. The van der Waals surface area contributed by atoms with Gasteiger partial charge in [-0.3, -0.25) is 0 Å². The molecular weight excluding hydrogens is 294 g/mol. The van der Waals surface area contributed by atoms with Gasteiger partial charge in [-0.15, -0.1) is 0 Å². The van der Waals surface area contributed by atoms with Crippen molar-refractivity contribution < 1.29 is 19.1 Å². The number of amides is 1. The molecule has 5 heteroatoms. The summed E-state index contributed by atoms with van der Waals surface area (Å²) in [5.74, 6) is -0.375. The summed E-state index contributed by atoms with van der Waals surface area (Å²) < 4.78 is 10.1. The van der Waals surface area contributed by atoms with Crippen LogP contribution in [0.1, 0.15) is 45.7 Å².